The molecule has 1 aliphatic rings. The number of rotatable bonds is 6. The number of nitrogens with zero attached hydrogens (tertiary/aromatic N) is 3. The number of nitrogens with one attached hydrogen (secondary N) is 1. The standard InChI is InChI=1S/C13H28N4O/c1-4-5-6-14-13(18)17-11-9-16(10-12-17)8-7-15(2)3/h4-12H2,1-3H3,(H,14,18). The van der Waals surface area contributed by atoms with Crippen LogP contribution >= 0.6 is 0 Å². The van der Waals surface area contributed by atoms with E-state index in [1.54, 1.807) is 0 Å². The normalized spacial score (nSPS) is 17.2. The molecule has 0 atom stereocenters. The third-order valence-electron chi connectivity index (χ3n) is 3.33. The zero-order valence-electron chi connectivity index (χ0n) is 12.1. The molecule has 1 fully saturated rings. The second-order valence-corrected chi connectivity index (χ2v) is 5.22. The molecule has 0 saturated carbocycles. The first kappa shape index (κ1) is 15.2. The summed E-state index contributed by atoms with van der Waals surface area (Å²) in [6.07, 6.45) is 2.19. The zero-order valence-corrected chi connectivity index (χ0v) is 12.1. The van der Waals surface area contributed by atoms with Crippen molar-refractivity contribution < 1.29 is 4.79 Å². The first-order chi connectivity index (χ1) is 8.63. The predicted octanol–water partition coefficient (Wildman–Crippen LogP) is 0.675. The van der Waals surface area contributed by atoms with Crippen molar-refractivity contribution in [2.75, 3.05) is 59.9 Å². The van der Waals surface area contributed by atoms with Gasteiger partial charge in [-0.25, -0.2) is 4.79 Å². The largest absolute Gasteiger partial charge is 0.338 e. The quantitative estimate of drug-likeness (QED) is 0.710. The summed E-state index contributed by atoms with van der Waals surface area (Å²) >= 11 is 0. The summed E-state index contributed by atoms with van der Waals surface area (Å²) in [6, 6.07) is 0.107. The molecule has 0 aromatic rings. The molecule has 0 aliphatic carbocycles. The fraction of sp³-hybridized carbons (Fsp3) is 0.923. The summed E-state index contributed by atoms with van der Waals surface area (Å²) in [5, 5.41) is 2.98. The highest BCUT2D eigenvalue weighted by molar-refractivity contribution is 5.74. The van der Waals surface area contributed by atoms with Crippen molar-refractivity contribution >= 4 is 6.03 Å². The van der Waals surface area contributed by atoms with Crippen molar-refractivity contribution in [1.29, 1.82) is 0 Å². The SMILES string of the molecule is CCCCNC(=O)N1CCN(CCN(C)C)CC1. The molecule has 0 unspecified atom stereocenters. The number of amides is 2. The Hall–Kier alpha value is -0.810. The molecule has 0 spiro atoms. The van der Waals surface area contributed by atoms with Gasteiger partial charge in [-0.2, -0.15) is 0 Å². The number of hydrogen-bond acceptors (Lipinski definition) is 3. The lowest BCUT2D eigenvalue weighted by Gasteiger charge is -2.35. The van der Waals surface area contributed by atoms with Crippen molar-refractivity contribution in [3.8, 4) is 0 Å². The third-order valence-corrected chi connectivity index (χ3v) is 3.33. The van der Waals surface area contributed by atoms with Gasteiger partial charge in [0, 0.05) is 45.8 Å². The van der Waals surface area contributed by atoms with Crippen LogP contribution in [-0.4, -0.2) is 80.6 Å². The highest BCUT2D eigenvalue weighted by atomic mass is 16.2. The molecule has 18 heavy (non-hydrogen) atoms. The molecule has 106 valence electrons. The maximum atomic E-state index is 11.8. The van der Waals surface area contributed by atoms with Crippen LogP contribution in [0.2, 0.25) is 0 Å². The van der Waals surface area contributed by atoms with Crippen molar-refractivity contribution in [1.82, 2.24) is 20.0 Å². The van der Waals surface area contributed by atoms with E-state index in [1.807, 2.05) is 4.90 Å². The molecular formula is C13H28N4O. The fourth-order valence-corrected chi connectivity index (χ4v) is 2.00. The Bertz CT molecular complexity index is 237. The Labute approximate surface area is 111 Å². The van der Waals surface area contributed by atoms with Gasteiger partial charge in [0.2, 0.25) is 0 Å². The first-order valence-electron chi connectivity index (χ1n) is 7.03. The van der Waals surface area contributed by atoms with Gasteiger partial charge in [-0.15, -0.1) is 0 Å². The molecule has 0 aromatic heterocycles. The Morgan fingerprint density at radius 1 is 1.22 bits per heavy atom. The van der Waals surface area contributed by atoms with Gasteiger partial charge in [0.1, 0.15) is 0 Å². The van der Waals surface area contributed by atoms with Crippen LogP contribution < -0.4 is 5.32 Å². The molecule has 0 radical (unpaired) electrons. The predicted molar refractivity (Wildman–Crippen MR) is 74.9 cm³/mol. The van der Waals surface area contributed by atoms with Crippen molar-refractivity contribution in [3.63, 3.8) is 0 Å². The summed E-state index contributed by atoms with van der Waals surface area (Å²) in [5.41, 5.74) is 0. The van der Waals surface area contributed by atoms with Gasteiger partial charge >= 0.3 is 6.03 Å². The Kier molecular flexibility index (Phi) is 7.05. The Morgan fingerprint density at radius 2 is 1.89 bits per heavy atom. The van der Waals surface area contributed by atoms with E-state index in [0.717, 1.165) is 58.7 Å². The number of piperazine rings is 1. The molecule has 1 saturated heterocycles. The zero-order chi connectivity index (χ0) is 13.4. The summed E-state index contributed by atoms with van der Waals surface area (Å²) in [5.74, 6) is 0. The highest BCUT2D eigenvalue weighted by Gasteiger charge is 2.20. The van der Waals surface area contributed by atoms with Gasteiger partial charge < -0.3 is 15.1 Å². The summed E-state index contributed by atoms with van der Waals surface area (Å²) in [7, 11) is 4.19. The second-order valence-electron chi connectivity index (χ2n) is 5.22. The van der Waals surface area contributed by atoms with Crippen molar-refractivity contribution in [3.05, 3.63) is 0 Å². The molecule has 5 nitrogen and oxygen atoms in total. The van der Waals surface area contributed by atoms with E-state index >= 15 is 0 Å². The van der Waals surface area contributed by atoms with Gasteiger partial charge in [-0.3, -0.25) is 4.90 Å². The third kappa shape index (κ3) is 5.69. The summed E-state index contributed by atoms with van der Waals surface area (Å²) in [6.45, 7) is 8.81. The average Bonchev–Trinajstić information content (AvgIpc) is 2.37. The van der Waals surface area contributed by atoms with Crippen LogP contribution in [0.25, 0.3) is 0 Å². The van der Waals surface area contributed by atoms with Crippen LogP contribution in [0.1, 0.15) is 19.8 Å². The van der Waals surface area contributed by atoms with Gasteiger partial charge in [0.15, 0.2) is 0 Å². The van der Waals surface area contributed by atoms with E-state index < -0.39 is 0 Å². The lowest BCUT2D eigenvalue weighted by Crippen LogP contribution is -2.52. The maximum Gasteiger partial charge on any atom is 0.317 e. The molecule has 2 amide bonds. The van der Waals surface area contributed by atoms with Crippen LogP contribution in [0.5, 0.6) is 0 Å². The fourth-order valence-electron chi connectivity index (χ4n) is 2.00. The van der Waals surface area contributed by atoms with E-state index in [4.69, 9.17) is 0 Å². The number of carbonyl (C=O) groups excluding carboxylic acids is 1. The molecule has 5 heteroatoms. The smallest absolute Gasteiger partial charge is 0.317 e. The average molecular weight is 256 g/mol. The number of carbonyl (C=O) groups is 1. The van der Waals surface area contributed by atoms with Crippen LogP contribution in [0.4, 0.5) is 4.79 Å². The van der Waals surface area contributed by atoms with E-state index in [1.165, 1.54) is 0 Å². The molecule has 1 rings (SSSR count). The molecular weight excluding hydrogens is 228 g/mol. The van der Waals surface area contributed by atoms with E-state index in [2.05, 4.69) is 36.1 Å². The van der Waals surface area contributed by atoms with Crippen LogP contribution in [0, 0.1) is 0 Å². The lowest BCUT2D eigenvalue weighted by molar-refractivity contribution is 0.133. The lowest BCUT2D eigenvalue weighted by atomic mass is 10.3. The van der Waals surface area contributed by atoms with Gasteiger partial charge in [-0.1, -0.05) is 13.3 Å². The minimum absolute atomic E-state index is 0.107. The number of urea groups is 1. The Balaban J connectivity index is 2.16. The van der Waals surface area contributed by atoms with Crippen molar-refractivity contribution in [2.45, 2.75) is 19.8 Å². The van der Waals surface area contributed by atoms with Gasteiger partial charge in [0.25, 0.3) is 0 Å². The van der Waals surface area contributed by atoms with Gasteiger partial charge in [0.05, 0.1) is 0 Å². The first-order valence-corrected chi connectivity index (χ1v) is 7.03. The molecule has 0 bridgehead atoms. The van der Waals surface area contributed by atoms with Crippen molar-refractivity contribution in [2.24, 2.45) is 0 Å². The molecule has 1 N–H and O–H groups in total. The number of hydrogen-bond donors (Lipinski definition) is 1. The van der Waals surface area contributed by atoms with E-state index in [9.17, 15) is 4.79 Å². The highest BCUT2D eigenvalue weighted by Crippen LogP contribution is 2.02. The topological polar surface area (TPSA) is 38.8 Å². The molecule has 1 heterocycles. The van der Waals surface area contributed by atoms with Gasteiger partial charge in [-0.05, 0) is 20.5 Å². The van der Waals surface area contributed by atoms with Crippen LogP contribution in [-0.2, 0) is 0 Å². The summed E-state index contributed by atoms with van der Waals surface area (Å²) < 4.78 is 0. The van der Waals surface area contributed by atoms with Crippen LogP contribution in [0.15, 0.2) is 0 Å². The molecule has 1 aliphatic heterocycles. The maximum absolute atomic E-state index is 11.8. The molecule has 0 aromatic carbocycles. The number of unbranched alkanes of at least 4 members (excludes halogenated alkanes) is 1. The van der Waals surface area contributed by atoms with E-state index in [0.29, 0.717) is 0 Å². The minimum atomic E-state index is 0.107. The van der Waals surface area contributed by atoms with Crippen LogP contribution in [0.3, 0.4) is 0 Å². The minimum Gasteiger partial charge on any atom is -0.338 e. The number of likely N-dealkylation sites (N-methyl/N-ethyl adjacent to an activating group) is 1. The van der Waals surface area contributed by atoms with E-state index in [-0.39, 0.29) is 6.03 Å². The Morgan fingerprint density at radius 3 is 2.44 bits per heavy atom. The summed E-state index contributed by atoms with van der Waals surface area (Å²) in [4.78, 5) is 18.4. The monoisotopic (exact) mass is 256 g/mol. The second kappa shape index (κ2) is 8.32.